The molecule has 0 saturated carbocycles. The van der Waals surface area contributed by atoms with Crippen LogP contribution in [0.1, 0.15) is 305 Å². The highest BCUT2D eigenvalue weighted by Gasteiger charge is 2.26. The predicted molar refractivity (Wildman–Crippen MR) is 303 cm³/mol. The Hall–Kier alpha value is -0.830. The van der Waals surface area contributed by atoms with Crippen LogP contribution in [0.5, 0.6) is 0 Å². The molecule has 0 amide bonds. The first kappa shape index (κ1) is 68.2. The van der Waals surface area contributed by atoms with Crippen LogP contribution in [0.3, 0.4) is 0 Å². The van der Waals surface area contributed by atoms with Crippen LogP contribution in [0.15, 0.2) is 0 Å². The highest BCUT2D eigenvalue weighted by molar-refractivity contribution is 7.97. The molecule has 0 aromatic rings. The molecular weight excluding hydrogens is 873 g/mol. The molecule has 2 unspecified atom stereocenters. The smallest absolute Gasteiger partial charge is 0.305 e. The van der Waals surface area contributed by atoms with Crippen LogP contribution >= 0.6 is 11.9 Å². The second-order valence-electron chi connectivity index (χ2n) is 21.3. The number of β-amino-alcohol motifs (C(OH)–C–C–N with tert-alkyl or cyclic N) is 1. The van der Waals surface area contributed by atoms with E-state index in [2.05, 4.69) is 55.8 Å². The van der Waals surface area contributed by atoms with Gasteiger partial charge in [-0.25, -0.2) is 4.31 Å². The Morgan fingerprint density at radius 2 is 0.870 bits per heavy atom. The fourth-order valence-electron chi connectivity index (χ4n) is 10.2. The van der Waals surface area contributed by atoms with Crippen molar-refractivity contribution in [2.24, 2.45) is 17.8 Å². The van der Waals surface area contributed by atoms with E-state index in [9.17, 15) is 14.7 Å². The van der Waals surface area contributed by atoms with Gasteiger partial charge in [0.2, 0.25) is 0 Å². The zero-order chi connectivity index (χ0) is 50.7. The first-order valence-electron chi connectivity index (χ1n) is 30.9. The summed E-state index contributed by atoms with van der Waals surface area (Å²) in [6, 6.07) is 0.630. The molecule has 1 heterocycles. The molecule has 412 valence electrons. The molecule has 1 rings (SSSR count). The molecule has 0 aliphatic carbocycles. The second kappa shape index (κ2) is 53.5. The standard InChI is InChI=1S/C59H116N2O5S.C2H6/c1-6-11-16-19-28-35-50-67-61(51-54-44-46-60(47-45-54)48-49-62)57(40-31-24-20-22-26-33-42-58(63)65-52-55(36-14-9-4)38-29-17-12-7-2)41-32-25-21-23-27-34-43-59(64)66-53-56(37-15-10-5)39-30-18-13-8-3;1-2/h54-57,62H,6-53H2,1-5H3;1-2H3. The summed E-state index contributed by atoms with van der Waals surface area (Å²) >= 11 is 2.18. The van der Waals surface area contributed by atoms with Gasteiger partial charge in [-0.15, -0.1) is 0 Å². The van der Waals surface area contributed by atoms with Crippen molar-refractivity contribution in [2.75, 3.05) is 51.8 Å². The van der Waals surface area contributed by atoms with E-state index in [-0.39, 0.29) is 18.5 Å². The second-order valence-corrected chi connectivity index (χ2v) is 22.4. The van der Waals surface area contributed by atoms with E-state index in [0.29, 0.717) is 43.9 Å². The Morgan fingerprint density at radius 3 is 1.30 bits per heavy atom. The summed E-state index contributed by atoms with van der Waals surface area (Å²) in [4.78, 5) is 27.8. The largest absolute Gasteiger partial charge is 0.465 e. The van der Waals surface area contributed by atoms with Gasteiger partial charge in [0.05, 0.1) is 19.8 Å². The van der Waals surface area contributed by atoms with E-state index >= 15 is 0 Å². The lowest BCUT2D eigenvalue weighted by Gasteiger charge is -2.37. The van der Waals surface area contributed by atoms with Crippen LogP contribution in [0, 0.1) is 17.8 Å². The highest BCUT2D eigenvalue weighted by Crippen LogP contribution is 2.30. The minimum Gasteiger partial charge on any atom is -0.465 e. The number of carbonyl (C=O) groups is 2. The van der Waals surface area contributed by atoms with Crippen LogP contribution < -0.4 is 0 Å². The maximum atomic E-state index is 12.7. The number of piperidine rings is 1. The van der Waals surface area contributed by atoms with E-state index in [1.807, 2.05) is 13.8 Å². The number of nitrogens with zero attached hydrogens (tertiary/aromatic N) is 2. The first-order valence-corrected chi connectivity index (χ1v) is 31.9. The van der Waals surface area contributed by atoms with Crippen molar-refractivity contribution in [3.8, 4) is 0 Å². The summed E-state index contributed by atoms with van der Waals surface area (Å²) in [5, 5.41) is 9.55. The number of aliphatic hydroxyl groups is 1. The molecule has 1 aliphatic heterocycles. The number of rotatable bonds is 51. The van der Waals surface area contributed by atoms with Gasteiger partial charge in [-0.3, -0.25) is 9.59 Å². The monoisotopic (exact) mass is 995 g/mol. The Balaban J connectivity index is 0.0000228. The van der Waals surface area contributed by atoms with Gasteiger partial charge in [-0.05, 0) is 101 Å². The van der Waals surface area contributed by atoms with Crippen LogP contribution in [0.2, 0.25) is 0 Å². The topological polar surface area (TPSA) is 79.3 Å². The van der Waals surface area contributed by atoms with Crippen LogP contribution in [-0.2, 0) is 19.1 Å². The van der Waals surface area contributed by atoms with Crippen LogP contribution in [-0.4, -0.2) is 84.0 Å². The van der Waals surface area contributed by atoms with Gasteiger partial charge in [0, 0.05) is 37.7 Å². The molecule has 7 nitrogen and oxygen atoms in total. The number of hydrogen-bond acceptors (Lipinski definition) is 8. The third-order valence-corrected chi connectivity index (χ3v) is 16.1. The quantitative estimate of drug-likeness (QED) is 0.0367. The van der Waals surface area contributed by atoms with Crippen LogP contribution in [0.4, 0.5) is 0 Å². The van der Waals surface area contributed by atoms with Crippen molar-refractivity contribution in [1.82, 2.24) is 9.21 Å². The lowest BCUT2D eigenvalue weighted by molar-refractivity contribution is -0.146. The third-order valence-electron chi connectivity index (χ3n) is 14.9. The molecule has 1 saturated heterocycles. The molecule has 8 heteroatoms. The number of hydrogen-bond donors (Lipinski definition) is 1. The zero-order valence-electron chi connectivity index (χ0n) is 47.6. The van der Waals surface area contributed by atoms with Crippen molar-refractivity contribution in [3.05, 3.63) is 0 Å². The highest BCUT2D eigenvalue weighted by atomic mass is 32.2. The Bertz CT molecular complexity index is 1000. The Kier molecular flexibility index (Phi) is 52.8. The molecule has 0 radical (unpaired) electrons. The molecule has 1 aliphatic rings. The summed E-state index contributed by atoms with van der Waals surface area (Å²) < 4.78 is 14.5. The number of likely N-dealkylation sites (tertiary alicyclic amines) is 1. The zero-order valence-corrected chi connectivity index (χ0v) is 48.4. The van der Waals surface area contributed by atoms with Gasteiger partial charge in [0.1, 0.15) is 0 Å². The van der Waals surface area contributed by atoms with E-state index < -0.39 is 0 Å². The average Bonchev–Trinajstić information content (AvgIpc) is 3.36. The first-order chi connectivity index (χ1) is 33.9. The molecule has 0 spiro atoms. The molecule has 1 fully saturated rings. The molecule has 2 atom stereocenters. The number of aliphatic hydroxyl groups excluding tert-OH is 1. The normalized spacial score (nSPS) is 14.7. The van der Waals surface area contributed by atoms with E-state index in [1.54, 1.807) is 0 Å². The van der Waals surface area contributed by atoms with Crippen molar-refractivity contribution >= 4 is 23.9 Å². The van der Waals surface area contributed by atoms with Gasteiger partial charge in [0.15, 0.2) is 0 Å². The minimum absolute atomic E-state index is 0.0186. The Labute approximate surface area is 436 Å². The molecular formula is C61H122N2O5S. The van der Waals surface area contributed by atoms with E-state index in [0.717, 1.165) is 51.2 Å². The molecule has 0 bridgehead atoms. The fourth-order valence-corrected chi connectivity index (χ4v) is 11.5. The lowest BCUT2D eigenvalue weighted by Crippen LogP contribution is -2.41. The van der Waals surface area contributed by atoms with Crippen molar-refractivity contribution in [2.45, 2.75) is 311 Å². The molecule has 1 N–H and O–H groups in total. The van der Waals surface area contributed by atoms with Crippen molar-refractivity contribution in [1.29, 1.82) is 0 Å². The van der Waals surface area contributed by atoms with Gasteiger partial charge in [-0.1, -0.05) is 234 Å². The Morgan fingerprint density at radius 1 is 0.507 bits per heavy atom. The maximum Gasteiger partial charge on any atom is 0.305 e. The predicted octanol–water partition coefficient (Wildman–Crippen LogP) is 18.3. The van der Waals surface area contributed by atoms with Crippen LogP contribution in [0.25, 0.3) is 0 Å². The van der Waals surface area contributed by atoms with Gasteiger partial charge < -0.3 is 19.5 Å². The van der Waals surface area contributed by atoms with E-state index in [1.165, 1.54) is 231 Å². The minimum atomic E-state index is 0.0186. The average molecular weight is 996 g/mol. The summed E-state index contributed by atoms with van der Waals surface area (Å²) in [6.45, 7) is 21.1. The molecule has 0 aromatic heterocycles. The van der Waals surface area contributed by atoms with E-state index in [4.69, 9.17) is 9.47 Å². The number of esters is 2. The summed E-state index contributed by atoms with van der Waals surface area (Å²) in [5.41, 5.74) is 0. The molecule has 0 aromatic carbocycles. The van der Waals surface area contributed by atoms with Crippen molar-refractivity contribution < 1.29 is 24.2 Å². The number of unbranched alkanes of at least 4 members (excludes halogenated alkanes) is 23. The van der Waals surface area contributed by atoms with Gasteiger partial charge in [-0.2, -0.15) is 0 Å². The molecule has 69 heavy (non-hydrogen) atoms. The summed E-state index contributed by atoms with van der Waals surface area (Å²) in [5.74, 6) is 3.10. The summed E-state index contributed by atoms with van der Waals surface area (Å²) in [6.07, 6.45) is 48.6. The van der Waals surface area contributed by atoms with Gasteiger partial charge >= 0.3 is 11.9 Å². The third kappa shape index (κ3) is 43.3. The van der Waals surface area contributed by atoms with Gasteiger partial charge in [0.25, 0.3) is 0 Å². The SMILES string of the molecule is CC.CCCCCCCCSN(CC1CCN(CCO)CC1)C(CCCCCCCCC(=O)OCC(CCCC)CCCCCC)CCCCCCCCC(=O)OCC(CCCC)CCCCCC. The maximum absolute atomic E-state index is 12.7. The lowest BCUT2D eigenvalue weighted by atomic mass is 9.95. The number of carbonyl (C=O) groups excluding carboxylic acids is 2. The van der Waals surface area contributed by atoms with Crippen molar-refractivity contribution in [3.63, 3.8) is 0 Å². The summed E-state index contributed by atoms with van der Waals surface area (Å²) in [7, 11) is 0. The fraction of sp³-hybridized carbons (Fsp3) is 0.967. The number of ether oxygens (including phenoxy) is 2.